The van der Waals surface area contributed by atoms with Crippen LogP contribution in [0.4, 0.5) is 0 Å². The highest BCUT2D eigenvalue weighted by Gasteiger charge is 2.30. The molecule has 0 radical (unpaired) electrons. The number of nitrogens with two attached hydrogens (primary N) is 2. The predicted octanol–water partition coefficient (Wildman–Crippen LogP) is -3.37. The SMILES string of the molecule is NC(=O)CC(N)C(=O)NC(Cc1cnc[nH]1)C(=O)NC(CO)C(=O)NC(Cc1ccc(O)cc1)C(=O)O. The van der Waals surface area contributed by atoms with Gasteiger partial charge in [0.25, 0.3) is 0 Å². The van der Waals surface area contributed by atoms with E-state index in [1.54, 1.807) is 0 Å². The zero-order valence-corrected chi connectivity index (χ0v) is 19.6. The Morgan fingerprint density at radius 3 is 2.05 bits per heavy atom. The molecule has 0 bridgehead atoms. The minimum Gasteiger partial charge on any atom is -0.508 e. The van der Waals surface area contributed by atoms with Gasteiger partial charge >= 0.3 is 5.97 Å². The molecule has 15 nitrogen and oxygen atoms in total. The Labute approximate surface area is 210 Å². The number of amides is 4. The number of carboxylic acids is 1. The van der Waals surface area contributed by atoms with Crippen molar-refractivity contribution in [3.05, 3.63) is 48.0 Å². The number of carboxylic acid groups (broad SMARTS) is 1. The highest BCUT2D eigenvalue weighted by Crippen LogP contribution is 2.11. The van der Waals surface area contributed by atoms with E-state index in [2.05, 4.69) is 25.9 Å². The summed E-state index contributed by atoms with van der Waals surface area (Å²) in [5.74, 6) is -4.95. The van der Waals surface area contributed by atoms with E-state index in [4.69, 9.17) is 11.5 Å². The van der Waals surface area contributed by atoms with E-state index < -0.39 is 66.8 Å². The fourth-order valence-corrected chi connectivity index (χ4v) is 3.22. The Morgan fingerprint density at radius 2 is 1.51 bits per heavy atom. The monoisotopic (exact) mass is 519 g/mol. The van der Waals surface area contributed by atoms with Crippen LogP contribution in [0.15, 0.2) is 36.8 Å². The van der Waals surface area contributed by atoms with Gasteiger partial charge in [-0.1, -0.05) is 12.1 Å². The molecule has 0 aliphatic heterocycles. The highest BCUT2D eigenvalue weighted by molar-refractivity contribution is 5.95. The smallest absolute Gasteiger partial charge is 0.326 e. The lowest BCUT2D eigenvalue weighted by molar-refractivity contribution is -0.142. The number of primary amides is 1. The Kier molecular flexibility index (Phi) is 10.5. The number of benzene rings is 1. The van der Waals surface area contributed by atoms with Gasteiger partial charge < -0.3 is 47.7 Å². The summed E-state index contributed by atoms with van der Waals surface area (Å²) in [4.78, 5) is 67.3. The van der Waals surface area contributed by atoms with Crippen LogP contribution in [-0.2, 0) is 36.8 Å². The van der Waals surface area contributed by atoms with Gasteiger partial charge in [-0.15, -0.1) is 0 Å². The molecule has 0 spiro atoms. The number of rotatable bonds is 14. The standard InChI is InChI=1S/C22H29N7O8/c23-14(7-18(24)32)19(33)27-15(6-12-8-25-10-26-12)20(34)29-17(9-30)21(35)28-16(22(36)37)5-11-1-3-13(31)4-2-11/h1-4,8,10,14-17,30-31H,5-7,9,23H2,(H2,24,32)(H,25,26)(H,27,33)(H,28,35)(H,29,34)(H,36,37). The summed E-state index contributed by atoms with van der Waals surface area (Å²) in [7, 11) is 0. The lowest BCUT2D eigenvalue weighted by Gasteiger charge is -2.24. The van der Waals surface area contributed by atoms with Gasteiger partial charge in [-0.25, -0.2) is 9.78 Å². The van der Waals surface area contributed by atoms with Crippen molar-refractivity contribution in [1.29, 1.82) is 0 Å². The highest BCUT2D eigenvalue weighted by atomic mass is 16.4. The molecular weight excluding hydrogens is 490 g/mol. The van der Waals surface area contributed by atoms with Crippen molar-refractivity contribution in [2.24, 2.45) is 11.5 Å². The van der Waals surface area contributed by atoms with Gasteiger partial charge in [0.2, 0.25) is 23.6 Å². The van der Waals surface area contributed by atoms with Crippen LogP contribution < -0.4 is 27.4 Å². The number of aromatic hydroxyl groups is 1. The maximum Gasteiger partial charge on any atom is 0.326 e. The Hall–Kier alpha value is -4.50. The van der Waals surface area contributed by atoms with Crippen LogP contribution in [0.2, 0.25) is 0 Å². The Balaban J connectivity index is 2.10. The molecule has 37 heavy (non-hydrogen) atoms. The summed E-state index contributed by atoms with van der Waals surface area (Å²) in [5, 5.41) is 35.5. The molecule has 0 fully saturated rings. The lowest BCUT2D eigenvalue weighted by Crippen LogP contribution is -2.59. The van der Waals surface area contributed by atoms with Gasteiger partial charge in [-0.2, -0.15) is 0 Å². The molecule has 0 aliphatic rings. The molecule has 0 saturated carbocycles. The molecule has 2 aromatic rings. The molecule has 1 aromatic heterocycles. The van der Waals surface area contributed by atoms with E-state index in [9.17, 15) is 39.3 Å². The Morgan fingerprint density at radius 1 is 0.919 bits per heavy atom. The number of H-pyrrole nitrogens is 1. The third-order valence-corrected chi connectivity index (χ3v) is 5.18. The third-order valence-electron chi connectivity index (χ3n) is 5.18. The summed E-state index contributed by atoms with van der Waals surface area (Å²) in [6, 6.07) is 0.0728. The molecule has 4 amide bonds. The van der Waals surface area contributed by atoms with E-state index in [0.29, 0.717) is 11.3 Å². The van der Waals surface area contributed by atoms with Crippen LogP contribution in [0.1, 0.15) is 17.7 Å². The van der Waals surface area contributed by atoms with Crippen molar-refractivity contribution in [3.63, 3.8) is 0 Å². The largest absolute Gasteiger partial charge is 0.508 e. The number of phenols is 1. The summed E-state index contributed by atoms with van der Waals surface area (Å²) >= 11 is 0. The van der Waals surface area contributed by atoms with Crippen LogP contribution in [0.3, 0.4) is 0 Å². The van der Waals surface area contributed by atoms with Crippen LogP contribution >= 0.6 is 0 Å². The van der Waals surface area contributed by atoms with Crippen LogP contribution in [0.5, 0.6) is 5.75 Å². The van der Waals surface area contributed by atoms with Crippen LogP contribution in [0.25, 0.3) is 0 Å². The zero-order valence-electron chi connectivity index (χ0n) is 19.6. The molecule has 1 aromatic carbocycles. The second-order valence-corrected chi connectivity index (χ2v) is 8.13. The summed E-state index contributed by atoms with van der Waals surface area (Å²) in [6.07, 6.45) is 2.02. The van der Waals surface area contributed by atoms with E-state index >= 15 is 0 Å². The number of imidazole rings is 1. The minimum absolute atomic E-state index is 0.0184. The molecule has 2 rings (SSSR count). The van der Waals surface area contributed by atoms with Crippen molar-refractivity contribution in [1.82, 2.24) is 25.9 Å². The average Bonchev–Trinajstić information content (AvgIpc) is 3.35. The van der Waals surface area contributed by atoms with Gasteiger partial charge in [0, 0.05) is 24.7 Å². The second kappa shape index (κ2) is 13.6. The molecule has 0 aliphatic carbocycles. The number of aromatic nitrogens is 2. The zero-order chi connectivity index (χ0) is 27.5. The maximum atomic E-state index is 12.9. The summed E-state index contributed by atoms with van der Waals surface area (Å²) < 4.78 is 0. The van der Waals surface area contributed by atoms with Crippen molar-refractivity contribution in [2.75, 3.05) is 6.61 Å². The van der Waals surface area contributed by atoms with Crippen molar-refractivity contribution in [2.45, 2.75) is 43.4 Å². The fraction of sp³-hybridized carbons (Fsp3) is 0.364. The summed E-state index contributed by atoms with van der Waals surface area (Å²) in [6.45, 7) is -0.880. The second-order valence-electron chi connectivity index (χ2n) is 8.13. The number of phenolic OH excluding ortho intramolecular Hbond substituents is 1. The molecule has 11 N–H and O–H groups in total. The van der Waals surface area contributed by atoms with Gasteiger partial charge in [-0.05, 0) is 17.7 Å². The first kappa shape index (κ1) is 28.7. The van der Waals surface area contributed by atoms with E-state index in [-0.39, 0.29) is 18.6 Å². The van der Waals surface area contributed by atoms with Crippen molar-refractivity contribution in [3.8, 4) is 5.75 Å². The van der Waals surface area contributed by atoms with Crippen LogP contribution in [-0.4, -0.2) is 85.7 Å². The minimum atomic E-state index is -1.56. The number of aliphatic carboxylic acids is 1. The first-order valence-corrected chi connectivity index (χ1v) is 11.0. The Bertz CT molecular complexity index is 1090. The number of aromatic amines is 1. The molecule has 1 heterocycles. The number of hydrogen-bond acceptors (Lipinski definition) is 9. The molecular formula is C22H29N7O8. The number of hydrogen-bond donors (Lipinski definition) is 9. The van der Waals surface area contributed by atoms with Gasteiger partial charge in [-0.3, -0.25) is 19.2 Å². The van der Waals surface area contributed by atoms with Gasteiger partial charge in [0.05, 0.1) is 25.4 Å². The maximum absolute atomic E-state index is 12.9. The van der Waals surface area contributed by atoms with Crippen molar-refractivity contribution < 1.29 is 39.3 Å². The molecule has 4 unspecified atom stereocenters. The predicted molar refractivity (Wildman–Crippen MR) is 126 cm³/mol. The van der Waals surface area contributed by atoms with Crippen LogP contribution in [0, 0.1) is 0 Å². The average molecular weight is 520 g/mol. The number of aliphatic hydroxyl groups is 1. The first-order valence-electron chi connectivity index (χ1n) is 11.0. The first-order chi connectivity index (χ1) is 17.5. The fourth-order valence-electron chi connectivity index (χ4n) is 3.22. The van der Waals surface area contributed by atoms with E-state index in [1.807, 2.05) is 0 Å². The van der Waals surface area contributed by atoms with E-state index in [1.165, 1.54) is 36.8 Å². The summed E-state index contributed by atoms with van der Waals surface area (Å²) in [5.41, 5.74) is 11.6. The molecule has 4 atom stereocenters. The number of nitrogens with zero attached hydrogens (tertiary/aromatic N) is 1. The van der Waals surface area contributed by atoms with Gasteiger partial charge in [0.1, 0.15) is 23.9 Å². The normalized spacial score (nSPS) is 14.0. The number of aliphatic hydroxyl groups excluding tert-OH is 1. The lowest BCUT2D eigenvalue weighted by atomic mass is 10.1. The number of nitrogens with one attached hydrogen (secondary N) is 4. The molecule has 0 saturated heterocycles. The number of carbonyl (C=O) groups excluding carboxylic acids is 4. The van der Waals surface area contributed by atoms with Gasteiger partial charge in [0.15, 0.2) is 0 Å². The quantitative estimate of drug-likeness (QED) is 0.120. The van der Waals surface area contributed by atoms with E-state index in [0.717, 1.165) is 0 Å². The topological polar surface area (TPSA) is 263 Å². The molecule has 200 valence electrons. The third kappa shape index (κ3) is 9.23. The van der Waals surface area contributed by atoms with Crippen molar-refractivity contribution >= 4 is 29.6 Å². The number of carbonyl (C=O) groups is 5. The molecule has 15 heteroatoms.